The number of hydrogen-bond acceptors (Lipinski definition) is 1. The second kappa shape index (κ2) is 8.41. The predicted molar refractivity (Wildman–Crippen MR) is 45.1 cm³/mol. The van der Waals surface area contributed by atoms with Crippen molar-refractivity contribution in [2.45, 2.75) is 0 Å². The van der Waals surface area contributed by atoms with E-state index >= 15 is 0 Å². The Hall–Kier alpha value is -0.687. The standard InChI is InChI=1S/C7H5O2.2CH3.Ru/c8-7(9)6-4-2-1-3-5-6;;;/h1-4H,(H,8,9);2*1H3;/q3*-1;+3. The van der Waals surface area contributed by atoms with Crippen LogP contribution in [0, 0.1) is 20.9 Å². The van der Waals surface area contributed by atoms with E-state index in [9.17, 15) is 4.79 Å². The zero-order chi connectivity index (χ0) is 6.69. The molecule has 0 saturated carbocycles. The molecule has 1 aromatic carbocycles. The Bertz CT molecular complexity index is 209. The van der Waals surface area contributed by atoms with E-state index in [1.165, 1.54) is 6.07 Å². The van der Waals surface area contributed by atoms with Gasteiger partial charge < -0.3 is 24.8 Å². The quantitative estimate of drug-likeness (QED) is 0.613. The average Bonchev–Trinajstić information content (AvgIpc) is 1.90. The first kappa shape index (κ1) is 17.4. The zero-order valence-corrected chi connectivity index (χ0v) is 8.76. The molecule has 12 heavy (non-hydrogen) atoms. The molecule has 0 saturated heterocycles. The molecule has 3 heteroatoms. The molecule has 67 valence electrons. The van der Waals surface area contributed by atoms with E-state index in [1.807, 2.05) is 0 Å². The third-order valence-electron chi connectivity index (χ3n) is 0.939. The van der Waals surface area contributed by atoms with Crippen molar-refractivity contribution >= 4 is 5.97 Å². The van der Waals surface area contributed by atoms with E-state index in [0.717, 1.165) is 0 Å². The van der Waals surface area contributed by atoms with Crippen LogP contribution in [-0.2, 0) is 19.5 Å². The number of carboxylic acid groups (broad SMARTS) is 1. The van der Waals surface area contributed by atoms with Gasteiger partial charge in [0.25, 0.3) is 0 Å². The molecule has 0 bridgehead atoms. The van der Waals surface area contributed by atoms with Crippen LogP contribution in [0.3, 0.4) is 0 Å². The fourth-order valence-corrected chi connectivity index (χ4v) is 0.526. The van der Waals surface area contributed by atoms with Crippen LogP contribution in [0.25, 0.3) is 0 Å². The van der Waals surface area contributed by atoms with Crippen LogP contribution in [-0.4, -0.2) is 11.1 Å². The fourth-order valence-electron chi connectivity index (χ4n) is 0.526. The van der Waals surface area contributed by atoms with Crippen molar-refractivity contribution in [3.05, 3.63) is 50.7 Å². The largest absolute Gasteiger partial charge is 3.00 e. The van der Waals surface area contributed by atoms with Crippen LogP contribution >= 0.6 is 0 Å². The number of aromatic carboxylic acids is 1. The maximum absolute atomic E-state index is 10.2. The van der Waals surface area contributed by atoms with Crippen molar-refractivity contribution in [3.8, 4) is 0 Å². The Morgan fingerprint density at radius 2 is 1.92 bits per heavy atom. The Morgan fingerprint density at radius 3 is 2.17 bits per heavy atom. The maximum Gasteiger partial charge on any atom is 3.00 e. The van der Waals surface area contributed by atoms with Crippen molar-refractivity contribution in [2.75, 3.05) is 0 Å². The molecule has 0 heterocycles. The third-order valence-corrected chi connectivity index (χ3v) is 0.939. The van der Waals surface area contributed by atoms with Gasteiger partial charge in [-0.1, -0.05) is 5.56 Å². The summed E-state index contributed by atoms with van der Waals surface area (Å²) in [6.45, 7) is 0. The summed E-state index contributed by atoms with van der Waals surface area (Å²) in [6, 6.07) is 9.04. The van der Waals surface area contributed by atoms with Gasteiger partial charge in [-0.15, -0.1) is 30.3 Å². The first-order chi connectivity index (χ1) is 4.30. The number of hydrogen-bond donors (Lipinski definition) is 1. The number of benzene rings is 1. The van der Waals surface area contributed by atoms with Gasteiger partial charge in [-0.2, -0.15) is 0 Å². The van der Waals surface area contributed by atoms with Crippen LogP contribution in [0.1, 0.15) is 10.4 Å². The Morgan fingerprint density at radius 1 is 1.33 bits per heavy atom. The molecule has 1 N–H and O–H groups in total. The molecule has 2 nitrogen and oxygen atoms in total. The summed E-state index contributed by atoms with van der Waals surface area (Å²) in [5.74, 6) is -0.935. The summed E-state index contributed by atoms with van der Waals surface area (Å²) < 4.78 is 0. The second-order valence-electron chi connectivity index (χ2n) is 1.58. The summed E-state index contributed by atoms with van der Waals surface area (Å²) in [7, 11) is 0. The van der Waals surface area contributed by atoms with Gasteiger partial charge in [0.15, 0.2) is 0 Å². The van der Waals surface area contributed by atoms with Gasteiger partial charge in [0.1, 0.15) is 0 Å². The minimum atomic E-state index is -0.935. The summed E-state index contributed by atoms with van der Waals surface area (Å²) in [6.07, 6.45) is 0. The van der Waals surface area contributed by atoms with Crippen LogP contribution < -0.4 is 0 Å². The summed E-state index contributed by atoms with van der Waals surface area (Å²) >= 11 is 0. The van der Waals surface area contributed by atoms with Crippen LogP contribution in [0.2, 0.25) is 0 Å². The summed E-state index contributed by atoms with van der Waals surface area (Å²) in [5.41, 5.74) is 0.206. The fraction of sp³-hybridized carbons (Fsp3) is 0. The number of carboxylic acids is 1. The topological polar surface area (TPSA) is 37.3 Å². The first-order valence-electron chi connectivity index (χ1n) is 2.51. The van der Waals surface area contributed by atoms with E-state index < -0.39 is 5.97 Å². The van der Waals surface area contributed by atoms with E-state index in [-0.39, 0.29) is 39.9 Å². The monoisotopic (exact) mass is 253 g/mol. The van der Waals surface area contributed by atoms with Gasteiger partial charge in [0.05, 0.1) is 0 Å². The number of carbonyl (C=O) groups is 1. The first-order valence-corrected chi connectivity index (χ1v) is 2.51. The predicted octanol–water partition coefficient (Wildman–Crippen LogP) is 2.08. The molecular weight excluding hydrogens is 241 g/mol. The SMILES string of the molecule is O=C(O)c1[c-]cccc1.[CH3-].[CH3-].[Ru+3]. The summed E-state index contributed by atoms with van der Waals surface area (Å²) in [5, 5.41) is 8.35. The molecule has 0 aliphatic heterocycles. The Kier molecular flexibility index (Phi) is 12.2. The molecule has 0 atom stereocenters. The van der Waals surface area contributed by atoms with E-state index in [2.05, 4.69) is 6.07 Å². The molecule has 0 unspecified atom stereocenters. The molecule has 1 radical (unpaired) electrons. The van der Waals surface area contributed by atoms with Crippen molar-refractivity contribution in [3.63, 3.8) is 0 Å². The molecule has 0 aliphatic rings. The van der Waals surface area contributed by atoms with Gasteiger partial charge >= 0.3 is 19.5 Å². The molecule has 1 aromatic rings. The van der Waals surface area contributed by atoms with E-state index in [0.29, 0.717) is 0 Å². The summed E-state index contributed by atoms with van der Waals surface area (Å²) in [4.78, 5) is 10.2. The Labute approximate surface area is 86.4 Å². The van der Waals surface area contributed by atoms with Gasteiger partial charge in [-0.3, -0.25) is 0 Å². The molecule has 0 fully saturated rings. The third kappa shape index (κ3) is 5.03. The number of rotatable bonds is 1. The van der Waals surface area contributed by atoms with Gasteiger partial charge in [0, 0.05) is 0 Å². The molecule has 0 spiro atoms. The van der Waals surface area contributed by atoms with E-state index in [1.54, 1.807) is 18.2 Å². The molecule has 0 aliphatic carbocycles. The maximum atomic E-state index is 10.2. The van der Waals surface area contributed by atoms with Crippen molar-refractivity contribution < 1.29 is 29.4 Å². The second-order valence-corrected chi connectivity index (χ2v) is 1.58. The van der Waals surface area contributed by atoms with E-state index in [4.69, 9.17) is 5.11 Å². The minimum Gasteiger partial charge on any atom is -0.521 e. The zero-order valence-electron chi connectivity index (χ0n) is 7.02. The van der Waals surface area contributed by atoms with Gasteiger partial charge in [-0.05, 0) is 0 Å². The Balaban J connectivity index is -0.000000270. The smallest absolute Gasteiger partial charge is 0.521 e. The van der Waals surface area contributed by atoms with Crippen molar-refractivity contribution in [1.29, 1.82) is 0 Å². The molecular formula is C9H11O2Ru. The van der Waals surface area contributed by atoms with Crippen molar-refractivity contribution in [1.82, 2.24) is 0 Å². The average molecular weight is 252 g/mol. The minimum absolute atomic E-state index is 0. The van der Waals surface area contributed by atoms with Crippen LogP contribution in [0.4, 0.5) is 0 Å². The van der Waals surface area contributed by atoms with Gasteiger partial charge in [0.2, 0.25) is 5.97 Å². The molecule has 0 amide bonds. The van der Waals surface area contributed by atoms with Crippen molar-refractivity contribution in [2.24, 2.45) is 0 Å². The molecule has 1 rings (SSSR count). The normalized spacial score (nSPS) is 6.67. The van der Waals surface area contributed by atoms with Crippen LogP contribution in [0.5, 0.6) is 0 Å². The van der Waals surface area contributed by atoms with Gasteiger partial charge in [-0.25, -0.2) is 0 Å². The van der Waals surface area contributed by atoms with Crippen LogP contribution in [0.15, 0.2) is 24.3 Å². The molecule has 0 aromatic heterocycles.